The standard InChI is InChI=1S/C21H26N2O6/c1-26-16-8-6-14(12-18(16)28-3)20(24)22-10-5-11-23-21(25)15-7-9-17(27-2)19(13-15)29-4/h6-9,12-13H,5,10-11H2,1-4H3,(H,22,24)(H,23,25). The van der Waals surface area contributed by atoms with Gasteiger partial charge in [-0.25, -0.2) is 0 Å². The lowest BCUT2D eigenvalue weighted by Gasteiger charge is -2.11. The summed E-state index contributed by atoms with van der Waals surface area (Å²) in [4.78, 5) is 24.5. The van der Waals surface area contributed by atoms with E-state index in [2.05, 4.69) is 10.6 Å². The molecule has 29 heavy (non-hydrogen) atoms. The van der Waals surface area contributed by atoms with Crippen LogP contribution in [-0.2, 0) is 0 Å². The van der Waals surface area contributed by atoms with Crippen molar-refractivity contribution in [2.75, 3.05) is 41.5 Å². The van der Waals surface area contributed by atoms with Crippen LogP contribution in [0.1, 0.15) is 27.1 Å². The van der Waals surface area contributed by atoms with Gasteiger partial charge in [-0.1, -0.05) is 0 Å². The van der Waals surface area contributed by atoms with Crippen molar-refractivity contribution in [3.63, 3.8) is 0 Å². The van der Waals surface area contributed by atoms with Gasteiger partial charge in [-0.3, -0.25) is 9.59 Å². The van der Waals surface area contributed by atoms with Gasteiger partial charge in [-0.05, 0) is 42.8 Å². The first kappa shape index (κ1) is 21.9. The van der Waals surface area contributed by atoms with Crippen LogP contribution < -0.4 is 29.6 Å². The molecule has 0 aliphatic heterocycles. The Morgan fingerprint density at radius 2 is 1.03 bits per heavy atom. The molecule has 0 atom stereocenters. The second-order valence-electron chi connectivity index (χ2n) is 6.00. The van der Waals surface area contributed by atoms with Gasteiger partial charge in [0.1, 0.15) is 0 Å². The summed E-state index contributed by atoms with van der Waals surface area (Å²) in [6.07, 6.45) is 0.581. The van der Waals surface area contributed by atoms with Gasteiger partial charge in [-0.2, -0.15) is 0 Å². The van der Waals surface area contributed by atoms with E-state index in [1.807, 2.05) is 0 Å². The Morgan fingerprint density at radius 3 is 1.38 bits per heavy atom. The van der Waals surface area contributed by atoms with Crippen LogP contribution in [0.3, 0.4) is 0 Å². The van der Waals surface area contributed by atoms with Crippen molar-refractivity contribution in [1.29, 1.82) is 0 Å². The summed E-state index contributed by atoms with van der Waals surface area (Å²) in [5.41, 5.74) is 0.939. The molecule has 156 valence electrons. The van der Waals surface area contributed by atoms with Crippen molar-refractivity contribution in [3.8, 4) is 23.0 Å². The molecule has 2 aromatic rings. The molecule has 0 saturated heterocycles. The van der Waals surface area contributed by atoms with Crippen LogP contribution in [0.5, 0.6) is 23.0 Å². The van der Waals surface area contributed by atoms with Crippen LogP contribution >= 0.6 is 0 Å². The summed E-state index contributed by atoms with van der Waals surface area (Å²) in [5, 5.41) is 5.62. The third-order valence-corrected chi connectivity index (χ3v) is 4.22. The van der Waals surface area contributed by atoms with E-state index in [4.69, 9.17) is 18.9 Å². The monoisotopic (exact) mass is 402 g/mol. The van der Waals surface area contributed by atoms with E-state index in [-0.39, 0.29) is 11.8 Å². The highest BCUT2D eigenvalue weighted by atomic mass is 16.5. The zero-order chi connectivity index (χ0) is 21.2. The Bertz CT molecular complexity index is 784. The fraction of sp³-hybridized carbons (Fsp3) is 0.333. The predicted octanol–water partition coefficient (Wildman–Crippen LogP) is 2.27. The maximum absolute atomic E-state index is 12.2. The van der Waals surface area contributed by atoms with Crippen LogP contribution in [0.2, 0.25) is 0 Å². The van der Waals surface area contributed by atoms with E-state index < -0.39 is 0 Å². The average Bonchev–Trinajstić information content (AvgIpc) is 2.77. The molecule has 0 bridgehead atoms. The van der Waals surface area contributed by atoms with Crippen molar-refractivity contribution in [3.05, 3.63) is 47.5 Å². The zero-order valence-corrected chi connectivity index (χ0v) is 17.0. The first-order valence-electron chi connectivity index (χ1n) is 9.04. The van der Waals surface area contributed by atoms with Crippen molar-refractivity contribution in [2.45, 2.75) is 6.42 Å². The zero-order valence-electron chi connectivity index (χ0n) is 17.0. The molecule has 0 aliphatic rings. The molecule has 0 aromatic heterocycles. The predicted molar refractivity (Wildman–Crippen MR) is 108 cm³/mol. The number of methoxy groups -OCH3 is 4. The second-order valence-corrected chi connectivity index (χ2v) is 6.00. The number of carbonyl (C=O) groups excluding carboxylic acids is 2. The quantitative estimate of drug-likeness (QED) is 0.592. The number of carbonyl (C=O) groups is 2. The fourth-order valence-electron chi connectivity index (χ4n) is 2.65. The summed E-state index contributed by atoms with van der Waals surface area (Å²) in [6.45, 7) is 0.832. The Kier molecular flexibility index (Phi) is 8.14. The molecule has 0 unspecified atom stereocenters. The number of nitrogens with one attached hydrogen (secondary N) is 2. The van der Waals surface area contributed by atoms with Crippen molar-refractivity contribution in [2.24, 2.45) is 0 Å². The molecule has 2 N–H and O–H groups in total. The van der Waals surface area contributed by atoms with Crippen LogP contribution in [0.25, 0.3) is 0 Å². The topological polar surface area (TPSA) is 95.1 Å². The molecule has 0 fully saturated rings. The molecule has 2 aromatic carbocycles. The van der Waals surface area contributed by atoms with E-state index >= 15 is 0 Å². The molecular formula is C21H26N2O6. The van der Waals surface area contributed by atoms with Crippen LogP contribution in [0, 0.1) is 0 Å². The highest BCUT2D eigenvalue weighted by Crippen LogP contribution is 2.28. The molecule has 8 nitrogen and oxygen atoms in total. The van der Waals surface area contributed by atoms with Gasteiger partial charge in [-0.15, -0.1) is 0 Å². The summed E-state index contributed by atoms with van der Waals surface area (Å²) < 4.78 is 20.7. The Morgan fingerprint density at radius 1 is 0.655 bits per heavy atom. The molecule has 0 saturated carbocycles. The Balaban J connectivity index is 1.79. The molecule has 0 radical (unpaired) electrons. The molecule has 2 amide bonds. The van der Waals surface area contributed by atoms with Gasteiger partial charge < -0.3 is 29.6 Å². The minimum atomic E-state index is -0.225. The van der Waals surface area contributed by atoms with Gasteiger partial charge >= 0.3 is 0 Å². The lowest BCUT2D eigenvalue weighted by atomic mass is 10.2. The lowest BCUT2D eigenvalue weighted by Crippen LogP contribution is -2.29. The van der Waals surface area contributed by atoms with E-state index in [9.17, 15) is 9.59 Å². The largest absolute Gasteiger partial charge is 0.493 e. The van der Waals surface area contributed by atoms with Crippen molar-refractivity contribution >= 4 is 11.8 Å². The maximum atomic E-state index is 12.2. The number of ether oxygens (including phenoxy) is 4. The van der Waals surface area contributed by atoms with E-state index in [1.54, 1.807) is 36.4 Å². The van der Waals surface area contributed by atoms with Crippen molar-refractivity contribution in [1.82, 2.24) is 10.6 Å². The highest BCUT2D eigenvalue weighted by molar-refractivity contribution is 5.95. The van der Waals surface area contributed by atoms with E-state index in [0.717, 1.165) is 0 Å². The van der Waals surface area contributed by atoms with Crippen LogP contribution in [0.15, 0.2) is 36.4 Å². The van der Waals surface area contributed by atoms with Gasteiger partial charge in [0.2, 0.25) is 0 Å². The minimum Gasteiger partial charge on any atom is -0.493 e. The molecule has 0 heterocycles. The normalized spacial score (nSPS) is 10.1. The van der Waals surface area contributed by atoms with E-state index in [0.29, 0.717) is 53.6 Å². The van der Waals surface area contributed by atoms with Gasteiger partial charge in [0.15, 0.2) is 23.0 Å². The second kappa shape index (κ2) is 10.8. The van der Waals surface area contributed by atoms with Crippen LogP contribution in [-0.4, -0.2) is 53.3 Å². The Labute approximate surface area is 170 Å². The summed E-state index contributed by atoms with van der Waals surface area (Å²) in [5.74, 6) is 1.64. The summed E-state index contributed by atoms with van der Waals surface area (Å²) in [7, 11) is 6.10. The fourth-order valence-corrected chi connectivity index (χ4v) is 2.65. The minimum absolute atomic E-state index is 0.225. The van der Waals surface area contributed by atoms with Crippen LogP contribution in [0.4, 0.5) is 0 Å². The third-order valence-electron chi connectivity index (χ3n) is 4.22. The maximum Gasteiger partial charge on any atom is 0.251 e. The molecule has 2 rings (SSSR count). The molecule has 0 spiro atoms. The smallest absolute Gasteiger partial charge is 0.251 e. The average molecular weight is 402 g/mol. The van der Waals surface area contributed by atoms with Gasteiger partial charge in [0.05, 0.1) is 28.4 Å². The molecule has 8 heteroatoms. The summed E-state index contributed by atoms with van der Waals surface area (Å²) >= 11 is 0. The third kappa shape index (κ3) is 5.78. The first-order valence-corrected chi connectivity index (χ1v) is 9.04. The lowest BCUT2D eigenvalue weighted by molar-refractivity contribution is 0.0951. The number of benzene rings is 2. The molecular weight excluding hydrogens is 376 g/mol. The molecule has 0 aliphatic carbocycles. The number of rotatable bonds is 10. The highest BCUT2D eigenvalue weighted by Gasteiger charge is 2.12. The summed E-state index contributed by atoms with van der Waals surface area (Å²) in [6, 6.07) is 9.92. The van der Waals surface area contributed by atoms with Crippen molar-refractivity contribution < 1.29 is 28.5 Å². The van der Waals surface area contributed by atoms with Gasteiger partial charge in [0.25, 0.3) is 11.8 Å². The van der Waals surface area contributed by atoms with Gasteiger partial charge in [0, 0.05) is 24.2 Å². The SMILES string of the molecule is COc1ccc(C(=O)NCCCNC(=O)c2ccc(OC)c(OC)c2)cc1OC. The number of amides is 2. The number of hydrogen-bond donors (Lipinski definition) is 2. The first-order chi connectivity index (χ1) is 14.0. The van der Waals surface area contributed by atoms with E-state index in [1.165, 1.54) is 28.4 Å². The number of hydrogen-bond acceptors (Lipinski definition) is 6. The Hall–Kier alpha value is -3.42.